The van der Waals surface area contributed by atoms with Crippen molar-refractivity contribution >= 4 is 48.0 Å². The SMILES string of the molecule is CCOc1ccc2c(c1)CC(NCCCCO)C(=O)N2c1ccc2c(c1)[C@]1(O[C@@H](CC(=O)N(CCO)Cc3ccccc3)[C@H]([Si](C)(C)c3ccc(OC)cc3)[C@H]1C)C(=O)N2Cc1ccccc1. The van der Waals surface area contributed by atoms with Crippen molar-refractivity contribution < 1.29 is 38.8 Å². The average molecular weight is 925 g/mol. The summed E-state index contributed by atoms with van der Waals surface area (Å²) in [4.78, 5) is 50.6. The van der Waals surface area contributed by atoms with Crippen LogP contribution in [0.5, 0.6) is 11.5 Å². The number of aliphatic hydroxyl groups excluding tert-OH is 2. The van der Waals surface area contributed by atoms with Gasteiger partial charge >= 0.3 is 0 Å². The molecule has 3 N–H and O–H groups in total. The smallest absolute Gasteiger partial charge is 0.264 e. The maximum absolute atomic E-state index is 15.8. The number of unbranched alkanes of at least 4 members (excludes halogenated alkanes) is 1. The van der Waals surface area contributed by atoms with E-state index in [1.165, 1.54) is 0 Å². The summed E-state index contributed by atoms with van der Waals surface area (Å²) in [6, 6.07) is 38.9. The highest BCUT2D eigenvalue weighted by molar-refractivity contribution is 6.91. The summed E-state index contributed by atoms with van der Waals surface area (Å²) >= 11 is 0. The molecule has 12 nitrogen and oxygen atoms in total. The van der Waals surface area contributed by atoms with E-state index in [-0.39, 0.29) is 49.4 Å². The van der Waals surface area contributed by atoms with Gasteiger partial charge in [0.15, 0.2) is 5.60 Å². The molecule has 13 heteroatoms. The molecule has 0 aromatic heterocycles. The quantitative estimate of drug-likeness (QED) is 0.0579. The molecular weight excluding hydrogens is 861 g/mol. The maximum Gasteiger partial charge on any atom is 0.264 e. The fourth-order valence-electron chi connectivity index (χ4n) is 10.8. The van der Waals surface area contributed by atoms with Crippen LogP contribution in [-0.4, -0.2) is 93.1 Å². The van der Waals surface area contributed by atoms with Gasteiger partial charge in [-0.3, -0.25) is 19.3 Å². The van der Waals surface area contributed by atoms with E-state index < -0.39 is 31.7 Å². The van der Waals surface area contributed by atoms with Crippen LogP contribution in [0.3, 0.4) is 0 Å². The van der Waals surface area contributed by atoms with Crippen LogP contribution in [0.4, 0.5) is 17.1 Å². The van der Waals surface area contributed by atoms with Crippen molar-refractivity contribution in [1.29, 1.82) is 0 Å². The molecule has 3 amide bonds. The molecule has 0 saturated carbocycles. The Labute approximate surface area is 395 Å². The molecule has 5 aromatic rings. The van der Waals surface area contributed by atoms with Crippen LogP contribution in [0.25, 0.3) is 0 Å². The van der Waals surface area contributed by atoms with Crippen molar-refractivity contribution in [2.45, 2.75) is 89.0 Å². The lowest BCUT2D eigenvalue weighted by Crippen LogP contribution is -2.52. The first-order valence-corrected chi connectivity index (χ1v) is 26.7. The first-order valence-electron chi connectivity index (χ1n) is 23.6. The summed E-state index contributed by atoms with van der Waals surface area (Å²) in [5, 5.41) is 24.3. The normalized spacial score (nSPS) is 21.1. The number of hydrogen-bond donors (Lipinski definition) is 3. The molecule has 8 rings (SSSR count). The van der Waals surface area contributed by atoms with Crippen LogP contribution in [0.2, 0.25) is 18.6 Å². The number of carbonyl (C=O) groups excluding carboxylic acids is 3. The van der Waals surface area contributed by atoms with Gasteiger partial charge in [0.05, 0.1) is 64.9 Å². The predicted octanol–water partition coefficient (Wildman–Crippen LogP) is 7.22. The Morgan fingerprint density at radius 2 is 1.55 bits per heavy atom. The van der Waals surface area contributed by atoms with E-state index in [9.17, 15) is 19.8 Å². The van der Waals surface area contributed by atoms with Crippen molar-refractivity contribution in [2.75, 3.05) is 49.8 Å². The van der Waals surface area contributed by atoms with Crippen LogP contribution in [0.15, 0.2) is 121 Å². The average Bonchev–Trinajstić information content (AvgIpc) is 3.76. The van der Waals surface area contributed by atoms with Crippen LogP contribution in [0.1, 0.15) is 55.4 Å². The second-order valence-electron chi connectivity index (χ2n) is 18.5. The van der Waals surface area contributed by atoms with Crippen LogP contribution >= 0.6 is 0 Å². The van der Waals surface area contributed by atoms with Crippen LogP contribution < -0.4 is 29.8 Å². The molecule has 67 heavy (non-hydrogen) atoms. The second-order valence-corrected chi connectivity index (χ2v) is 23.2. The molecule has 0 aliphatic carbocycles. The monoisotopic (exact) mass is 924 g/mol. The third-order valence-electron chi connectivity index (χ3n) is 14.1. The van der Waals surface area contributed by atoms with Crippen molar-refractivity contribution in [1.82, 2.24) is 10.2 Å². The molecule has 0 radical (unpaired) electrons. The molecule has 3 aliphatic heterocycles. The Morgan fingerprint density at radius 1 is 0.866 bits per heavy atom. The Hall–Kier alpha value is -5.83. The number of hydrogen-bond acceptors (Lipinski definition) is 9. The summed E-state index contributed by atoms with van der Waals surface area (Å²) in [7, 11) is -1.01. The van der Waals surface area contributed by atoms with Gasteiger partial charge < -0.3 is 39.5 Å². The van der Waals surface area contributed by atoms with E-state index in [2.05, 4.69) is 37.5 Å². The molecule has 0 bridgehead atoms. The zero-order valence-electron chi connectivity index (χ0n) is 39.3. The standard InChI is InChI=1S/C54H64N4O8Si/c1-6-65-43-22-26-47-40(31-43)32-46(55-27-13-14-29-59)52(62)58(47)41-19-25-48-45(33-41)54(53(63)57(48)36-39-17-11-8-12-18-39)37(2)51(67(4,5)44-23-20-42(64-3)21-24-44)49(66-54)34-50(61)56(28-30-60)35-38-15-9-7-10-16-38/h7-12,15-26,31,33,37,46,49,51,55,59-60H,6,13-14,27-30,32,34-36H2,1-5H3/t37-,46?,49+,51-,54+/m1/s1. The molecule has 352 valence electrons. The summed E-state index contributed by atoms with van der Waals surface area (Å²) in [6.07, 6.45) is 1.12. The lowest BCUT2D eigenvalue weighted by molar-refractivity contribution is -0.150. The highest BCUT2D eigenvalue weighted by Gasteiger charge is 2.66. The molecule has 3 aliphatic rings. The van der Waals surface area contributed by atoms with Crippen molar-refractivity contribution in [2.24, 2.45) is 5.92 Å². The van der Waals surface area contributed by atoms with E-state index in [0.29, 0.717) is 62.4 Å². The van der Waals surface area contributed by atoms with Gasteiger partial charge in [0.25, 0.3) is 5.91 Å². The Balaban J connectivity index is 1.26. The molecule has 5 atom stereocenters. The largest absolute Gasteiger partial charge is 0.497 e. The van der Waals surface area contributed by atoms with Crippen molar-refractivity contribution in [3.05, 3.63) is 144 Å². The number of fused-ring (bicyclic) bond motifs is 3. The van der Waals surface area contributed by atoms with E-state index in [1.807, 2.05) is 121 Å². The Bertz CT molecular complexity index is 2520. The van der Waals surface area contributed by atoms with Gasteiger partial charge in [-0.1, -0.05) is 98.0 Å². The summed E-state index contributed by atoms with van der Waals surface area (Å²) in [5.41, 5.74) is 3.77. The van der Waals surface area contributed by atoms with Gasteiger partial charge in [-0.05, 0) is 103 Å². The third-order valence-corrected chi connectivity index (χ3v) is 18.5. The summed E-state index contributed by atoms with van der Waals surface area (Å²) < 4.78 is 19.0. The first kappa shape index (κ1) is 47.7. The molecule has 1 saturated heterocycles. The molecule has 3 heterocycles. The minimum atomic E-state index is -2.66. The molecule has 5 aromatic carbocycles. The fourth-order valence-corrected chi connectivity index (χ4v) is 14.8. The number of ether oxygens (including phenoxy) is 3. The van der Waals surface area contributed by atoms with E-state index in [1.54, 1.807) is 16.9 Å². The van der Waals surface area contributed by atoms with Gasteiger partial charge in [0.2, 0.25) is 11.8 Å². The number of carbonyl (C=O) groups is 3. The van der Waals surface area contributed by atoms with Crippen LogP contribution in [-0.2, 0) is 44.2 Å². The molecular formula is C54H64N4O8Si. The number of rotatable bonds is 19. The van der Waals surface area contributed by atoms with Gasteiger partial charge in [-0.2, -0.15) is 0 Å². The number of methoxy groups -OCH3 is 1. The van der Waals surface area contributed by atoms with Crippen molar-refractivity contribution in [3.8, 4) is 11.5 Å². The Kier molecular flexibility index (Phi) is 14.6. The van der Waals surface area contributed by atoms with Crippen LogP contribution in [0, 0.1) is 5.92 Å². The molecule has 1 fully saturated rings. The predicted molar refractivity (Wildman–Crippen MR) is 264 cm³/mol. The Morgan fingerprint density at radius 3 is 2.22 bits per heavy atom. The highest BCUT2D eigenvalue weighted by Crippen LogP contribution is 2.61. The minimum absolute atomic E-state index is 0.000938. The first-order chi connectivity index (χ1) is 32.4. The third kappa shape index (κ3) is 9.40. The lowest BCUT2D eigenvalue weighted by atomic mass is 9.82. The number of anilines is 3. The van der Waals surface area contributed by atoms with E-state index >= 15 is 4.79 Å². The molecule has 1 spiro atoms. The lowest BCUT2D eigenvalue weighted by Gasteiger charge is -2.37. The zero-order valence-corrected chi connectivity index (χ0v) is 40.3. The number of benzene rings is 5. The summed E-state index contributed by atoms with van der Waals surface area (Å²) in [5.74, 6) is 0.531. The minimum Gasteiger partial charge on any atom is -0.497 e. The topological polar surface area (TPSA) is 141 Å². The van der Waals surface area contributed by atoms with Gasteiger partial charge in [-0.15, -0.1) is 0 Å². The highest BCUT2D eigenvalue weighted by atomic mass is 28.3. The van der Waals surface area contributed by atoms with Gasteiger partial charge in [-0.25, -0.2) is 0 Å². The maximum atomic E-state index is 15.8. The summed E-state index contributed by atoms with van der Waals surface area (Å²) in [6.45, 7) is 10.3. The van der Waals surface area contributed by atoms with Gasteiger partial charge in [0, 0.05) is 36.9 Å². The van der Waals surface area contributed by atoms with Gasteiger partial charge in [0.1, 0.15) is 11.5 Å². The van der Waals surface area contributed by atoms with E-state index in [0.717, 1.165) is 39.1 Å². The number of nitrogens with zero attached hydrogens (tertiary/aromatic N) is 3. The fraction of sp³-hybridized carbons (Fsp3) is 0.389. The number of aliphatic hydroxyl groups is 2. The van der Waals surface area contributed by atoms with Crippen molar-refractivity contribution in [3.63, 3.8) is 0 Å². The second kappa shape index (κ2) is 20.6. The molecule has 1 unspecified atom stereocenters. The van der Waals surface area contributed by atoms with E-state index in [4.69, 9.17) is 14.2 Å². The number of nitrogens with one attached hydrogen (secondary N) is 1. The number of amides is 3. The zero-order chi connectivity index (χ0) is 47.3.